The van der Waals surface area contributed by atoms with Gasteiger partial charge in [-0.05, 0) is 37.0 Å². The Morgan fingerprint density at radius 3 is 2.50 bits per heavy atom. The number of nitrogens with zero attached hydrogens (tertiary/aromatic N) is 2. The summed E-state index contributed by atoms with van der Waals surface area (Å²) in [7, 11) is 0. The van der Waals surface area contributed by atoms with E-state index in [-0.39, 0.29) is 25.4 Å². The van der Waals surface area contributed by atoms with Crippen LogP contribution in [0.15, 0.2) is 60.0 Å². The van der Waals surface area contributed by atoms with Gasteiger partial charge in [-0.2, -0.15) is 0 Å². The van der Waals surface area contributed by atoms with Crippen LogP contribution in [0.4, 0.5) is 9.93 Å². The summed E-state index contributed by atoms with van der Waals surface area (Å²) >= 11 is 1.23. The van der Waals surface area contributed by atoms with Crippen LogP contribution in [0.25, 0.3) is 11.3 Å². The lowest BCUT2D eigenvalue weighted by Gasteiger charge is -2.21. The summed E-state index contributed by atoms with van der Waals surface area (Å²) in [5.74, 6) is -1.03. The van der Waals surface area contributed by atoms with Crippen LogP contribution in [0.3, 0.4) is 0 Å². The molecule has 1 aromatic heterocycles. The summed E-state index contributed by atoms with van der Waals surface area (Å²) in [6.07, 6.45) is 1.51. The van der Waals surface area contributed by atoms with Gasteiger partial charge in [-0.15, -0.1) is 11.3 Å². The van der Waals surface area contributed by atoms with Crippen molar-refractivity contribution in [3.8, 4) is 11.3 Å². The average Bonchev–Trinajstić information content (AvgIpc) is 3.43. The Bertz CT molecular complexity index is 1290. The van der Waals surface area contributed by atoms with E-state index in [4.69, 9.17) is 4.74 Å². The number of amides is 4. The van der Waals surface area contributed by atoms with Crippen molar-refractivity contribution in [2.45, 2.75) is 44.4 Å². The Labute approximate surface area is 211 Å². The molecule has 0 radical (unpaired) electrons. The number of rotatable bonds is 7. The second-order valence-corrected chi connectivity index (χ2v) is 9.57. The van der Waals surface area contributed by atoms with Gasteiger partial charge in [-0.25, -0.2) is 14.7 Å². The average molecular weight is 505 g/mol. The number of carbonyl (C=O) groups is 4. The maximum atomic E-state index is 12.9. The molecule has 10 heteroatoms. The summed E-state index contributed by atoms with van der Waals surface area (Å²) in [5, 5.41) is 7.81. The second kappa shape index (κ2) is 10.3. The summed E-state index contributed by atoms with van der Waals surface area (Å²) < 4.78 is 5.27. The molecule has 0 spiro atoms. The number of hydrogen-bond donors (Lipinski definition) is 2. The van der Waals surface area contributed by atoms with E-state index in [1.165, 1.54) is 11.3 Å². The zero-order chi connectivity index (χ0) is 25.1. The van der Waals surface area contributed by atoms with Crippen molar-refractivity contribution >= 4 is 40.3 Å². The number of anilines is 1. The summed E-state index contributed by atoms with van der Waals surface area (Å²) in [6.45, 7) is 0.00859. The van der Waals surface area contributed by atoms with Crippen LogP contribution in [-0.4, -0.2) is 45.8 Å². The quantitative estimate of drug-likeness (QED) is 0.503. The lowest BCUT2D eigenvalue weighted by Crippen LogP contribution is -2.45. The number of hydrogen-bond acceptors (Lipinski definition) is 7. The zero-order valence-corrected chi connectivity index (χ0v) is 20.1. The van der Waals surface area contributed by atoms with Crippen molar-refractivity contribution in [1.82, 2.24) is 15.2 Å². The van der Waals surface area contributed by atoms with E-state index in [9.17, 15) is 19.2 Å². The third-order valence-corrected chi connectivity index (χ3v) is 6.76. The minimum absolute atomic E-state index is 0.00859. The van der Waals surface area contributed by atoms with Crippen molar-refractivity contribution < 1.29 is 23.9 Å². The number of imide groups is 1. The molecule has 2 aromatic carbocycles. The molecule has 3 aromatic rings. The smallest absolute Gasteiger partial charge is 0.417 e. The molecule has 2 fully saturated rings. The third-order valence-electron chi connectivity index (χ3n) is 6.01. The maximum absolute atomic E-state index is 12.9. The molecule has 1 aliphatic heterocycles. The predicted molar refractivity (Wildman–Crippen MR) is 133 cm³/mol. The standard InChI is InChI=1S/C26H24N4O5S/c31-22-13-12-21(30(22)26(34)35-14-16-4-2-1-3-5-16)24(33)29-25-28-20(15-36-25)17-6-8-18(9-7-17)23(32)27-19-10-11-19/h1-9,15,19,21H,10-14H2,(H,27,32)(H,28,29,33)/t21-/m0/s1. The van der Waals surface area contributed by atoms with Gasteiger partial charge in [0.2, 0.25) is 11.8 Å². The van der Waals surface area contributed by atoms with Gasteiger partial charge < -0.3 is 15.4 Å². The number of carbonyl (C=O) groups excluding carboxylic acids is 4. The fraction of sp³-hybridized carbons (Fsp3) is 0.269. The Morgan fingerprint density at radius 2 is 1.78 bits per heavy atom. The Hall–Kier alpha value is -4.05. The molecule has 0 bridgehead atoms. The predicted octanol–water partition coefficient (Wildman–Crippen LogP) is 3.97. The van der Waals surface area contributed by atoms with Crippen LogP contribution >= 0.6 is 11.3 Å². The molecule has 2 aliphatic rings. The molecule has 0 unspecified atom stereocenters. The molecule has 36 heavy (non-hydrogen) atoms. The molecule has 9 nitrogen and oxygen atoms in total. The van der Waals surface area contributed by atoms with Crippen molar-refractivity contribution in [1.29, 1.82) is 0 Å². The molecule has 1 saturated heterocycles. The van der Waals surface area contributed by atoms with Gasteiger partial charge in [-0.3, -0.25) is 14.4 Å². The number of thiazole rings is 1. The lowest BCUT2D eigenvalue weighted by molar-refractivity contribution is -0.131. The first kappa shape index (κ1) is 23.7. The van der Waals surface area contributed by atoms with Crippen LogP contribution in [0.1, 0.15) is 41.6 Å². The van der Waals surface area contributed by atoms with Gasteiger partial charge in [0.15, 0.2) is 5.13 Å². The number of aromatic nitrogens is 1. The lowest BCUT2D eigenvalue weighted by atomic mass is 10.1. The Kier molecular flexibility index (Phi) is 6.77. The minimum atomic E-state index is -0.961. The molecule has 1 saturated carbocycles. The zero-order valence-electron chi connectivity index (χ0n) is 19.3. The van der Waals surface area contributed by atoms with Crippen LogP contribution in [0.2, 0.25) is 0 Å². The van der Waals surface area contributed by atoms with Crippen LogP contribution in [0, 0.1) is 0 Å². The maximum Gasteiger partial charge on any atom is 0.417 e. The van der Waals surface area contributed by atoms with Crippen molar-refractivity contribution in [2.75, 3.05) is 5.32 Å². The van der Waals surface area contributed by atoms with Crippen molar-refractivity contribution in [3.05, 3.63) is 71.1 Å². The highest BCUT2D eigenvalue weighted by atomic mass is 32.1. The van der Waals surface area contributed by atoms with Crippen LogP contribution < -0.4 is 10.6 Å². The van der Waals surface area contributed by atoms with Crippen LogP contribution in [0.5, 0.6) is 0 Å². The van der Waals surface area contributed by atoms with Gasteiger partial charge >= 0.3 is 6.09 Å². The fourth-order valence-corrected chi connectivity index (χ4v) is 4.61. The van der Waals surface area contributed by atoms with Crippen LogP contribution in [-0.2, 0) is 20.9 Å². The van der Waals surface area contributed by atoms with Gasteiger partial charge in [0.05, 0.1) is 5.69 Å². The molecule has 184 valence electrons. The number of nitrogens with one attached hydrogen (secondary N) is 2. The van der Waals surface area contributed by atoms with E-state index in [1.807, 2.05) is 30.3 Å². The molecule has 1 atom stereocenters. The number of likely N-dealkylation sites (tertiary alicyclic amines) is 1. The molecule has 4 amide bonds. The first-order valence-corrected chi connectivity index (χ1v) is 12.6. The largest absolute Gasteiger partial charge is 0.444 e. The van der Waals surface area contributed by atoms with Gasteiger partial charge in [0.25, 0.3) is 5.91 Å². The van der Waals surface area contributed by atoms with E-state index in [0.717, 1.165) is 28.9 Å². The summed E-state index contributed by atoms with van der Waals surface area (Å²) in [6, 6.07) is 15.5. The molecular weight excluding hydrogens is 480 g/mol. The van der Waals surface area contributed by atoms with E-state index >= 15 is 0 Å². The highest BCUT2D eigenvalue weighted by Gasteiger charge is 2.41. The topological polar surface area (TPSA) is 118 Å². The molecule has 1 aliphatic carbocycles. The molecule has 2 N–H and O–H groups in total. The van der Waals surface area contributed by atoms with E-state index in [0.29, 0.717) is 22.4 Å². The molecule has 5 rings (SSSR count). The number of benzene rings is 2. The second-order valence-electron chi connectivity index (χ2n) is 8.71. The monoisotopic (exact) mass is 504 g/mol. The first-order valence-electron chi connectivity index (χ1n) is 11.7. The molecule has 2 heterocycles. The minimum Gasteiger partial charge on any atom is -0.444 e. The summed E-state index contributed by atoms with van der Waals surface area (Å²) in [5.41, 5.74) is 2.81. The molecular formula is C26H24N4O5S. The fourth-order valence-electron chi connectivity index (χ4n) is 3.89. The highest BCUT2D eigenvalue weighted by molar-refractivity contribution is 7.14. The normalized spacial score (nSPS) is 17.1. The van der Waals surface area contributed by atoms with Crippen molar-refractivity contribution in [2.24, 2.45) is 0 Å². The Balaban J connectivity index is 1.20. The van der Waals surface area contributed by atoms with E-state index in [2.05, 4.69) is 15.6 Å². The third kappa shape index (κ3) is 5.44. The van der Waals surface area contributed by atoms with E-state index < -0.39 is 23.9 Å². The number of ether oxygens (including phenoxy) is 1. The SMILES string of the molecule is O=C(NC1CC1)c1ccc(-c2csc(NC(=O)[C@@H]3CCC(=O)N3C(=O)OCc3ccccc3)n2)cc1. The van der Waals surface area contributed by atoms with Gasteiger partial charge in [-0.1, -0.05) is 42.5 Å². The Morgan fingerprint density at radius 1 is 1.03 bits per heavy atom. The highest BCUT2D eigenvalue weighted by Crippen LogP contribution is 2.27. The van der Waals surface area contributed by atoms with Gasteiger partial charge in [0, 0.05) is 29.0 Å². The van der Waals surface area contributed by atoms with E-state index in [1.54, 1.807) is 29.6 Å². The van der Waals surface area contributed by atoms with Crippen molar-refractivity contribution in [3.63, 3.8) is 0 Å². The summed E-state index contributed by atoms with van der Waals surface area (Å²) in [4.78, 5) is 55.3. The van der Waals surface area contributed by atoms with Gasteiger partial charge in [0.1, 0.15) is 12.6 Å². The first-order chi connectivity index (χ1) is 17.5.